The largest absolute Gasteiger partial charge is 1.00 e. The number of hydrogen-bond acceptors (Lipinski definition) is 0. The summed E-state index contributed by atoms with van der Waals surface area (Å²) in [6, 6.07) is 0. The van der Waals surface area contributed by atoms with Crippen molar-refractivity contribution < 1.29 is 16.9 Å². The Kier molecular flexibility index (Phi) is 5.49. The van der Waals surface area contributed by atoms with Gasteiger partial charge in [0.15, 0.2) is 0 Å². The molecule has 1 saturated heterocycles. The molecule has 0 aromatic heterocycles. The van der Waals surface area contributed by atoms with Crippen molar-refractivity contribution in [3.8, 4) is 0 Å². The molecule has 1 aliphatic heterocycles. The SMILES string of the molecule is C[N+]1(CCCl)CCCCC1.[Cl-]. The summed E-state index contributed by atoms with van der Waals surface area (Å²) in [5.74, 6) is 0.816. The molecule has 0 saturated carbocycles. The smallest absolute Gasteiger partial charge is 0.0922 e. The summed E-state index contributed by atoms with van der Waals surface area (Å²) in [6.07, 6.45) is 4.22. The summed E-state index contributed by atoms with van der Waals surface area (Å²) >= 11 is 5.71. The maximum Gasteiger partial charge on any atom is 0.0922 e. The second-order valence-electron chi connectivity index (χ2n) is 3.54. The van der Waals surface area contributed by atoms with Crippen LogP contribution < -0.4 is 12.4 Å². The van der Waals surface area contributed by atoms with E-state index in [0.29, 0.717) is 0 Å². The van der Waals surface area contributed by atoms with Crippen LogP contribution in [0.1, 0.15) is 19.3 Å². The van der Waals surface area contributed by atoms with Gasteiger partial charge in [-0.3, -0.25) is 0 Å². The molecule has 0 bridgehead atoms. The van der Waals surface area contributed by atoms with Crippen LogP contribution in [-0.4, -0.2) is 37.0 Å². The molecule has 11 heavy (non-hydrogen) atoms. The third-order valence-corrected chi connectivity index (χ3v) is 2.69. The van der Waals surface area contributed by atoms with Gasteiger partial charge in [-0.1, -0.05) is 0 Å². The number of nitrogens with zero attached hydrogens (tertiary/aromatic N) is 1. The topological polar surface area (TPSA) is 0 Å². The zero-order valence-corrected chi connectivity index (χ0v) is 8.66. The molecule has 1 heterocycles. The Labute approximate surface area is 80.7 Å². The van der Waals surface area contributed by atoms with Crippen LogP contribution in [-0.2, 0) is 0 Å². The van der Waals surface area contributed by atoms with Crippen molar-refractivity contribution in [3.63, 3.8) is 0 Å². The van der Waals surface area contributed by atoms with E-state index in [0.717, 1.165) is 12.4 Å². The van der Waals surface area contributed by atoms with Gasteiger partial charge in [0.25, 0.3) is 0 Å². The van der Waals surface area contributed by atoms with Crippen molar-refractivity contribution in [3.05, 3.63) is 0 Å². The summed E-state index contributed by atoms with van der Waals surface area (Å²) < 4.78 is 1.21. The van der Waals surface area contributed by atoms with Crippen LogP contribution in [0.3, 0.4) is 0 Å². The number of quaternary nitrogens is 1. The van der Waals surface area contributed by atoms with Crippen molar-refractivity contribution in [2.24, 2.45) is 0 Å². The molecular formula is C8H17Cl2N. The summed E-state index contributed by atoms with van der Waals surface area (Å²) in [7, 11) is 2.32. The van der Waals surface area contributed by atoms with Crippen LogP contribution in [0.25, 0.3) is 0 Å². The Balaban J connectivity index is 0.000001000. The Bertz CT molecular complexity index is 94.8. The van der Waals surface area contributed by atoms with Crippen LogP contribution in [0, 0.1) is 0 Å². The monoisotopic (exact) mass is 197 g/mol. The zero-order chi connectivity index (χ0) is 7.45. The molecular weight excluding hydrogens is 181 g/mol. The molecule has 68 valence electrons. The number of likely N-dealkylation sites (tertiary alicyclic amines) is 1. The Hall–Kier alpha value is 0.540. The van der Waals surface area contributed by atoms with Gasteiger partial charge in [-0.2, -0.15) is 0 Å². The van der Waals surface area contributed by atoms with Crippen molar-refractivity contribution in [2.75, 3.05) is 32.6 Å². The molecule has 1 aliphatic rings. The standard InChI is InChI=1S/C8H17ClN.ClH/c1-10(8-5-9)6-3-2-4-7-10;/h2-8H2,1H3;1H/q+1;/p-1. The fraction of sp³-hybridized carbons (Fsp3) is 1.00. The second kappa shape index (κ2) is 5.23. The lowest BCUT2D eigenvalue weighted by atomic mass is 10.1. The van der Waals surface area contributed by atoms with Gasteiger partial charge in [0.2, 0.25) is 0 Å². The normalized spacial score (nSPS) is 22.4. The molecule has 3 heteroatoms. The molecule has 0 radical (unpaired) electrons. The molecule has 0 aromatic rings. The molecule has 0 unspecified atom stereocenters. The lowest BCUT2D eigenvalue weighted by Gasteiger charge is -2.37. The third kappa shape index (κ3) is 3.64. The minimum Gasteiger partial charge on any atom is -1.00 e. The van der Waals surface area contributed by atoms with Gasteiger partial charge in [-0.05, 0) is 19.3 Å². The Morgan fingerprint density at radius 3 is 2.18 bits per heavy atom. The van der Waals surface area contributed by atoms with E-state index in [1.165, 1.54) is 36.8 Å². The van der Waals surface area contributed by atoms with Crippen molar-refractivity contribution in [1.82, 2.24) is 0 Å². The van der Waals surface area contributed by atoms with E-state index < -0.39 is 0 Å². The summed E-state index contributed by atoms with van der Waals surface area (Å²) in [6.45, 7) is 3.83. The van der Waals surface area contributed by atoms with Gasteiger partial charge < -0.3 is 16.9 Å². The Morgan fingerprint density at radius 1 is 1.18 bits per heavy atom. The lowest BCUT2D eigenvalue weighted by Crippen LogP contribution is -3.00. The van der Waals surface area contributed by atoms with Gasteiger partial charge in [0.1, 0.15) is 0 Å². The highest BCUT2D eigenvalue weighted by Crippen LogP contribution is 2.15. The highest BCUT2D eigenvalue weighted by Gasteiger charge is 2.23. The second-order valence-corrected chi connectivity index (χ2v) is 3.92. The van der Waals surface area contributed by atoms with Crippen molar-refractivity contribution in [1.29, 1.82) is 0 Å². The average molecular weight is 198 g/mol. The summed E-state index contributed by atoms with van der Waals surface area (Å²) in [5, 5.41) is 0. The fourth-order valence-electron chi connectivity index (χ4n) is 1.70. The fourth-order valence-corrected chi connectivity index (χ4v) is 2.11. The van der Waals surface area contributed by atoms with Gasteiger partial charge in [0.05, 0.1) is 32.6 Å². The van der Waals surface area contributed by atoms with Gasteiger partial charge in [-0.15, -0.1) is 11.6 Å². The first kappa shape index (κ1) is 11.5. The number of alkyl halides is 1. The van der Waals surface area contributed by atoms with E-state index in [9.17, 15) is 0 Å². The predicted octanol–water partition coefficient (Wildman–Crippen LogP) is -1.14. The molecule has 0 amide bonds. The molecule has 0 spiro atoms. The van der Waals surface area contributed by atoms with Crippen molar-refractivity contribution >= 4 is 11.6 Å². The minimum atomic E-state index is 0. The first-order valence-corrected chi connectivity index (χ1v) is 4.70. The maximum atomic E-state index is 5.71. The molecule has 0 N–H and O–H groups in total. The average Bonchev–Trinajstić information content (AvgIpc) is 1.89. The molecule has 0 aromatic carbocycles. The van der Waals surface area contributed by atoms with Crippen LogP contribution in [0.5, 0.6) is 0 Å². The van der Waals surface area contributed by atoms with E-state index in [1.54, 1.807) is 0 Å². The molecule has 1 fully saturated rings. The van der Waals surface area contributed by atoms with Gasteiger partial charge >= 0.3 is 0 Å². The third-order valence-electron chi connectivity index (χ3n) is 2.52. The summed E-state index contributed by atoms with van der Waals surface area (Å²) in [5.41, 5.74) is 0. The molecule has 1 rings (SSSR count). The lowest BCUT2D eigenvalue weighted by molar-refractivity contribution is -0.911. The molecule has 1 nitrogen and oxygen atoms in total. The molecule has 0 atom stereocenters. The highest BCUT2D eigenvalue weighted by atomic mass is 35.5. The molecule has 0 aliphatic carbocycles. The number of halogens is 2. The van der Waals surface area contributed by atoms with E-state index >= 15 is 0 Å². The quantitative estimate of drug-likeness (QED) is 0.388. The number of rotatable bonds is 2. The van der Waals surface area contributed by atoms with Crippen LogP contribution >= 0.6 is 11.6 Å². The van der Waals surface area contributed by atoms with Crippen molar-refractivity contribution in [2.45, 2.75) is 19.3 Å². The van der Waals surface area contributed by atoms with Crippen LogP contribution in [0.15, 0.2) is 0 Å². The van der Waals surface area contributed by atoms with Gasteiger partial charge in [-0.25, -0.2) is 0 Å². The van der Waals surface area contributed by atoms with E-state index in [1.807, 2.05) is 0 Å². The Morgan fingerprint density at radius 2 is 1.73 bits per heavy atom. The van der Waals surface area contributed by atoms with E-state index in [4.69, 9.17) is 11.6 Å². The maximum absolute atomic E-state index is 5.71. The van der Waals surface area contributed by atoms with E-state index in [2.05, 4.69) is 7.05 Å². The van der Waals surface area contributed by atoms with Crippen LogP contribution in [0.2, 0.25) is 0 Å². The van der Waals surface area contributed by atoms with E-state index in [-0.39, 0.29) is 12.4 Å². The number of piperidine rings is 1. The summed E-state index contributed by atoms with van der Waals surface area (Å²) in [4.78, 5) is 0. The zero-order valence-electron chi connectivity index (χ0n) is 7.15. The first-order valence-electron chi connectivity index (χ1n) is 4.16. The predicted molar refractivity (Wildman–Crippen MR) is 45.4 cm³/mol. The number of hydrogen-bond donors (Lipinski definition) is 0. The first-order chi connectivity index (χ1) is 4.77. The highest BCUT2D eigenvalue weighted by molar-refractivity contribution is 6.17. The van der Waals surface area contributed by atoms with Gasteiger partial charge in [0, 0.05) is 0 Å². The van der Waals surface area contributed by atoms with Crippen LogP contribution in [0.4, 0.5) is 0 Å². The minimum absolute atomic E-state index is 0.